The van der Waals surface area contributed by atoms with E-state index >= 15 is 0 Å². The van der Waals surface area contributed by atoms with E-state index in [2.05, 4.69) is 6.58 Å². The second-order valence-corrected chi connectivity index (χ2v) is 5.11. The maximum absolute atomic E-state index is 11.1. The lowest BCUT2D eigenvalue weighted by Crippen LogP contribution is -2.23. The Balaban J connectivity index is 2.27. The van der Waals surface area contributed by atoms with Crippen LogP contribution < -0.4 is 0 Å². The van der Waals surface area contributed by atoms with Crippen LogP contribution in [0.15, 0.2) is 30.4 Å². The Morgan fingerprint density at radius 1 is 1.35 bits per heavy atom. The Morgan fingerprint density at radius 3 is 2.65 bits per heavy atom. The minimum absolute atomic E-state index is 0.0454. The molecule has 20 heavy (non-hydrogen) atoms. The summed E-state index contributed by atoms with van der Waals surface area (Å²) in [4.78, 5) is 11.1. The predicted molar refractivity (Wildman–Crippen MR) is 77.9 cm³/mol. The smallest absolute Gasteiger partial charge is 0.333 e. The third-order valence-corrected chi connectivity index (χ3v) is 3.06. The first-order valence-electron chi connectivity index (χ1n) is 5.92. The molecule has 1 N–H and O–H groups in total. The number of aliphatic hydroxyl groups excluding tert-OH is 1. The summed E-state index contributed by atoms with van der Waals surface area (Å²) < 4.78 is 10.1. The summed E-state index contributed by atoms with van der Waals surface area (Å²) in [6.07, 6.45) is -0.888. The highest BCUT2D eigenvalue weighted by Crippen LogP contribution is 2.22. The van der Waals surface area contributed by atoms with Crippen molar-refractivity contribution >= 4 is 29.2 Å². The number of halogens is 2. The highest BCUT2D eigenvalue weighted by Gasteiger charge is 2.09. The Bertz CT molecular complexity index is 488. The van der Waals surface area contributed by atoms with Crippen LogP contribution in [0.25, 0.3) is 0 Å². The first kappa shape index (κ1) is 17.0. The normalized spacial score (nSPS) is 12.0. The quantitative estimate of drug-likeness (QED) is 0.620. The lowest BCUT2D eigenvalue weighted by molar-refractivity contribution is -0.143. The van der Waals surface area contributed by atoms with Gasteiger partial charge in [0.25, 0.3) is 0 Å². The highest BCUT2D eigenvalue weighted by atomic mass is 35.5. The molecule has 0 spiro atoms. The van der Waals surface area contributed by atoms with Crippen molar-refractivity contribution in [2.45, 2.75) is 19.6 Å². The van der Waals surface area contributed by atoms with Gasteiger partial charge in [-0.2, -0.15) is 0 Å². The Hall–Kier alpha value is -1.07. The van der Waals surface area contributed by atoms with E-state index in [1.165, 1.54) is 6.92 Å². The van der Waals surface area contributed by atoms with Crippen LogP contribution in [0.4, 0.5) is 0 Å². The summed E-state index contributed by atoms with van der Waals surface area (Å²) in [5.41, 5.74) is 1.12. The van der Waals surface area contributed by atoms with Crippen LogP contribution in [0.5, 0.6) is 0 Å². The van der Waals surface area contributed by atoms with Gasteiger partial charge in [0, 0.05) is 5.57 Å². The van der Waals surface area contributed by atoms with Gasteiger partial charge < -0.3 is 14.6 Å². The topological polar surface area (TPSA) is 55.8 Å². The molecule has 6 heteroatoms. The molecule has 0 radical (unpaired) electrons. The third kappa shape index (κ3) is 5.92. The van der Waals surface area contributed by atoms with Gasteiger partial charge in [-0.15, -0.1) is 0 Å². The number of ether oxygens (including phenoxy) is 2. The van der Waals surface area contributed by atoms with E-state index in [9.17, 15) is 9.90 Å². The van der Waals surface area contributed by atoms with Gasteiger partial charge in [-0.25, -0.2) is 4.79 Å². The summed E-state index contributed by atoms with van der Waals surface area (Å²) in [5.74, 6) is -0.534. The van der Waals surface area contributed by atoms with Crippen LogP contribution in [0.3, 0.4) is 0 Å². The van der Waals surface area contributed by atoms with E-state index in [1.54, 1.807) is 18.2 Å². The fraction of sp³-hybridized carbons (Fsp3) is 0.357. The number of hydrogen-bond acceptors (Lipinski definition) is 4. The van der Waals surface area contributed by atoms with E-state index in [0.717, 1.165) is 5.56 Å². The van der Waals surface area contributed by atoms with Gasteiger partial charge in [0.2, 0.25) is 0 Å². The Labute approximate surface area is 127 Å². The van der Waals surface area contributed by atoms with Crippen molar-refractivity contribution in [3.63, 3.8) is 0 Å². The zero-order chi connectivity index (χ0) is 15.1. The molecule has 0 aromatic heterocycles. The molecule has 0 fully saturated rings. The Kier molecular flexibility index (Phi) is 7.02. The minimum atomic E-state index is -0.888. The highest BCUT2D eigenvalue weighted by molar-refractivity contribution is 6.42. The first-order chi connectivity index (χ1) is 9.40. The first-order valence-corrected chi connectivity index (χ1v) is 6.68. The number of hydrogen-bond donors (Lipinski definition) is 1. The maximum atomic E-state index is 11.1. The molecule has 0 aliphatic heterocycles. The molecule has 1 aromatic rings. The largest absolute Gasteiger partial charge is 0.460 e. The average Bonchev–Trinajstić information content (AvgIpc) is 2.40. The fourth-order valence-electron chi connectivity index (χ4n) is 1.29. The molecule has 1 unspecified atom stereocenters. The molecule has 4 nitrogen and oxygen atoms in total. The van der Waals surface area contributed by atoms with Gasteiger partial charge in [-0.05, 0) is 24.6 Å². The van der Waals surface area contributed by atoms with Gasteiger partial charge in [0.05, 0.1) is 23.3 Å². The van der Waals surface area contributed by atoms with Crippen LogP contribution >= 0.6 is 23.2 Å². The average molecular weight is 319 g/mol. The van der Waals surface area contributed by atoms with Gasteiger partial charge in [0.1, 0.15) is 12.7 Å². The molecule has 0 saturated carbocycles. The number of rotatable bonds is 7. The van der Waals surface area contributed by atoms with Crippen molar-refractivity contribution < 1.29 is 19.4 Å². The van der Waals surface area contributed by atoms with Gasteiger partial charge in [0.15, 0.2) is 0 Å². The molecule has 1 atom stereocenters. The fourth-order valence-corrected chi connectivity index (χ4v) is 1.61. The van der Waals surface area contributed by atoms with E-state index in [0.29, 0.717) is 10.0 Å². The molecule has 0 bridgehead atoms. The Morgan fingerprint density at radius 2 is 2.05 bits per heavy atom. The summed E-state index contributed by atoms with van der Waals surface area (Å²) in [7, 11) is 0. The second-order valence-electron chi connectivity index (χ2n) is 4.30. The molecule has 0 heterocycles. The minimum Gasteiger partial charge on any atom is -0.460 e. The number of benzene rings is 1. The van der Waals surface area contributed by atoms with Gasteiger partial charge in [-0.3, -0.25) is 0 Å². The van der Waals surface area contributed by atoms with Crippen molar-refractivity contribution in [3.05, 3.63) is 46.0 Å². The number of carbonyl (C=O) groups is 1. The van der Waals surface area contributed by atoms with Crippen molar-refractivity contribution in [2.24, 2.45) is 0 Å². The maximum Gasteiger partial charge on any atom is 0.333 e. The molecule has 0 aliphatic rings. The third-order valence-electron chi connectivity index (χ3n) is 2.32. The van der Waals surface area contributed by atoms with Crippen molar-refractivity contribution in [1.29, 1.82) is 0 Å². The van der Waals surface area contributed by atoms with Crippen molar-refractivity contribution in [1.82, 2.24) is 0 Å². The lowest BCUT2D eigenvalue weighted by atomic mass is 10.2. The zero-order valence-corrected chi connectivity index (χ0v) is 12.6. The molecule has 110 valence electrons. The molecule has 1 aromatic carbocycles. The predicted octanol–water partition coefficient (Wildman–Crippen LogP) is 2.99. The molecule has 0 amide bonds. The molecule has 0 saturated heterocycles. The standard InChI is InChI=1S/C14H16Cl2O4/c1-9(2)14(18)20-8-11(17)7-19-6-10-3-4-12(15)13(16)5-10/h3-5,11,17H,1,6-8H2,2H3. The molecular weight excluding hydrogens is 303 g/mol. The lowest BCUT2D eigenvalue weighted by Gasteiger charge is -2.12. The molecule has 0 aliphatic carbocycles. The number of esters is 1. The number of aliphatic hydroxyl groups is 1. The van der Waals surface area contributed by atoms with Crippen LogP contribution in [0.1, 0.15) is 12.5 Å². The van der Waals surface area contributed by atoms with E-state index < -0.39 is 12.1 Å². The SMILES string of the molecule is C=C(C)C(=O)OCC(O)COCc1ccc(Cl)c(Cl)c1. The number of carbonyl (C=O) groups excluding carboxylic acids is 1. The van der Waals surface area contributed by atoms with Crippen molar-refractivity contribution in [3.8, 4) is 0 Å². The van der Waals surface area contributed by atoms with E-state index in [1.807, 2.05) is 0 Å². The monoisotopic (exact) mass is 318 g/mol. The van der Waals surface area contributed by atoms with Crippen LogP contribution in [0, 0.1) is 0 Å². The van der Waals surface area contributed by atoms with Crippen LogP contribution in [-0.4, -0.2) is 30.4 Å². The molecular formula is C14H16Cl2O4. The summed E-state index contributed by atoms with van der Waals surface area (Å²) in [6, 6.07) is 5.15. The van der Waals surface area contributed by atoms with Crippen LogP contribution in [0.2, 0.25) is 10.0 Å². The van der Waals surface area contributed by atoms with Crippen molar-refractivity contribution in [2.75, 3.05) is 13.2 Å². The van der Waals surface area contributed by atoms with Gasteiger partial charge >= 0.3 is 5.97 Å². The van der Waals surface area contributed by atoms with E-state index in [4.69, 9.17) is 32.7 Å². The van der Waals surface area contributed by atoms with Gasteiger partial charge in [-0.1, -0.05) is 35.8 Å². The summed E-state index contributed by atoms with van der Waals surface area (Å²) in [6.45, 7) is 5.17. The zero-order valence-electron chi connectivity index (χ0n) is 11.1. The summed E-state index contributed by atoms with van der Waals surface area (Å²) in [5, 5.41) is 10.5. The van der Waals surface area contributed by atoms with Crippen LogP contribution in [-0.2, 0) is 20.9 Å². The summed E-state index contributed by atoms with van der Waals surface area (Å²) >= 11 is 11.7. The van der Waals surface area contributed by atoms with E-state index in [-0.39, 0.29) is 25.4 Å². The second kappa shape index (κ2) is 8.27. The molecule has 1 rings (SSSR count).